The molecule has 1 amide bonds. The van der Waals surface area contributed by atoms with E-state index in [1.54, 1.807) is 29.5 Å². The van der Waals surface area contributed by atoms with E-state index < -0.39 is 5.97 Å². The number of para-hydroxylation sites is 1. The second kappa shape index (κ2) is 5.07. The van der Waals surface area contributed by atoms with Gasteiger partial charge in [-0.3, -0.25) is 4.79 Å². The Bertz CT molecular complexity index is 775. The molecule has 2 heterocycles. The number of anilines is 1. The molecule has 20 heavy (non-hydrogen) atoms. The van der Waals surface area contributed by atoms with Gasteiger partial charge in [-0.1, -0.05) is 12.1 Å². The highest BCUT2D eigenvalue weighted by Crippen LogP contribution is 2.30. The fourth-order valence-electron chi connectivity index (χ4n) is 1.84. The number of carbonyl (C=O) groups is 2. The van der Waals surface area contributed by atoms with Gasteiger partial charge in [-0.05, 0) is 29.6 Å². The molecule has 0 bridgehead atoms. The van der Waals surface area contributed by atoms with Gasteiger partial charge in [-0.25, -0.2) is 4.79 Å². The molecule has 100 valence electrons. The Morgan fingerprint density at radius 3 is 2.65 bits per heavy atom. The van der Waals surface area contributed by atoms with Gasteiger partial charge >= 0.3 is 5.97 Å². The van der Waals surface area contributed by atoms with E-state index in [0.717, 1.165) is 9.40 Å². The molecule has 0 aliphatic rings. The molecule has 0 aliphatic carbocycles. The van der Waals surface area contributed by atoms with Crippen molar-refractivity contribution in [3.63, 3.8) is 0 Å². The van der Waals surface area contributed by atoms with Crippen LogP contribution in [0.1, 0.15) is 20.0 Å². The highest BCUT2D eigenvalue weighted by Gasteiger charge is 2.15. The number of fused-ring (bicyclic) bond motifs is 1. The molecule has 0 fully saturated rings. The van der Waals surface area contributed by atoms with E-state index >= 15 is 0 Å². The minimum atomic E-state index is -1.06. The molecule has 3 rings (SSSR count). The van der Waals surface area contributed by atoms with Crippen molar-refractivity contribution in [1.29, 1.82) is 0 Å². The summed E-state index contributed by atoms with van der Waals surface area (Å²) < 4.78 is 2.12. The van der Waals surface area contributed by atoms with Gasteiger partial charge < -0.3 is 10.4 Å². The summed E-state index contributed by atoms with van der Waals surface area (Å²) in [6.45, 7) is 0. The molecule has 0 radical (unpaired) electrons. The number of rotatable bonds is 3. The Morgan fingerprint density at radius 2 is 1.90 bits per heavy atom. The van der Waals surface area contributed by atoms with Crippen molar-refractivity contribution in [3.05, 3.63) is 52.2 Å². The zero-order chi connectivity index (χ0) is 14.1. The number of hydrogen-bond donors (Lipinski definition) is 2. The van der Waals surface area contributed by atoms with Crippen LogP contribution in [0.25, 0.3) is 9.40 Å². The summed E-state index contributed by atoms with van der Waals surface area (Å²) in [5.41, 5.74) is 0.390. The second-order valence-corrected chi connectivity index (χ2v) is 6.10. The first-order valence-corrected chi connectivity index (χ1v) is 7.45. The molecule has 3 aromatic rings. The normalized spacial score (nSPS) is 10.6. The maximum atomic E-state index is 12.2. The van der Waals surface area contributed by atoms with Crippen molar-refractivity contribution >= 4 is 49.6 Å². The van der Waals surface area contributed by atoms with Gasteiger partial charge in [0, 0.05) is 9.40 Å². The SMILES string of the molecule is O=C(Nc1ccccc1C(=O)O)c1cc2sccc2s1. The van der Waals surface area contributed by atoms with Crippen molar-refractivity contribution in [2.45, 2.75) is 0 Å². The molecule has 4 nitrogen and oxygen atoms in total. The van der Waals surface area contributed by atoms with E-state index in [-0.39, 0.29) is 11.5 Å². The van der Waals surface area contributed by atoms with E-state index in [1.807, 2.05) is 17.5 Å². The van der Waals surface area contributed by atoms with Crippen molar-refractivity contribution in [2.24, 2.45) is 0 Å². The van der Waals surface area contributed by atoms with Gasteiger partial charge in [0.25, 0.3) is 5.91 Å². The summed E-state index contributed by atoms with van der Waals surface area (Å²) in [5, 5.41) is 13.7. The fraction of sp³-hybridized carbons (Fsp3) is 0. The first-order valence-electron chi connectivity index (χ1n) is 5.76. The maximum absolute atomic E-state index is 12.2. The van der Waals surface area contributed by atoms with Gasteiger partial charge in [-0.2, -0.15) is 0 Å². The Hall–Kier alpha value is -2.18. The third-order valence-electron chi connectivity index (χ3n) is 2.77. The molecule has 2 N–H and O–H groups in total. The van der Waals surface area contributed by atoms with Crippen molar-refractivity contribution in [3.8, 4) is 0 Å². The van der Waals surface area contributed by atoms with Crippen LogP contribution in [0.5, 0.6) is 0 Å². The maximum Gasteiger partial charge on any atom is 0.337 e. The third kappa shape index (κ3) is 2.31. The van der Waals surface area contributed by atoms with Crippen molar-refractivity contribution < 1.29 is 14.7 Å². The molecule has 0 spiro atoms. The molecule has 6 heteroatoms. The molecule has 0 saturated carbocycles. The van der Waals surface area contributed by atoms with E-state index in [4.69, 9.17) is 5.11 Å². The minimum Gasteiger partial charge on any atom is -0.478 e. The summed E-state index contributed by atoms with van der Waals surface area (Å²) >= 11 is 2.97. The zero-order valence-corrected chi connectivity index (χ0v) is 11.8. The van der Waals surface area contributed by atoms with Crippen LogP contribution in [0, 0.1) is 0 Å². The summed E-state index contributed by atoms with van der Waals surface area (Å²) in [4.78, 5) is 23.8. The van der Waals surface area contributed by atoms with Crippen LogP contribution in [0.4, 0.5) is 5.69 Å². The predicted octanol–water partition coefficient (Wildman–Crippen LogP) is 3.91. The van der Waals surface area contributed by atoms with Crippen LogP contribution in [0.3, 0.4) is 0 Å². The lowest BCUT2D eigenvalue weighted by Crippen LogP contribution is -2.13. The monoisotopic (exact) mass is 303 g/mol. The number of nitrogens with one attached hydrogen (secondary N) is 1. The van der Waals surface area contributed by atoms with E-state index in [1.165, 1.54) is 17.4 Å². The number of carbonyl (C=O) groups excluding carboxylic acids is 1. The largest absolute Gasteiger partial charge is 0.478 e. The summed E-state index contributed by atoms with van der Waals surface area (Å²) in [6.07, 6.45) is 0. The van der Waals surface area contributed by atoms with Crippen LogP contribution >= 0.6 is 22.7 Å². The number of amides is 1. The number of carboxylic acid groups (broad SMARTS) is 1. The Morgan fingerprint density at radius 1 is 1.10 bits per heavy atom. The second-order valence-electron chi connectivity index (χ2n) is 4.06. The van der Waals surface area contributed by atoms with Crippen LogP contribution in [0.15, 0.2) is 41.8 Å². The smallest absolute Gasteiger partial charge is 0.337 e. The summed E-state index contributed by atoms with van der Waals surface area (Å²) in [5.74, 6) is -1.35. The van der Waals surface area contributed by atoms with Crippen LogP contribution < -0.4 is 5.32 Å². The predicted molar refractivity (Wildman–Crippen MR) is 81.1 cm³/mol. The number of thiophene rings is 2. The molecule has 0 atom stereocenters. The number of benzene rings is 1. The first-order chi connectivity index (χ1) is 9.65. The lowest BCUT2D eigenvalue weighted by molar-refractivity contribution is 0.0698. The highest BCUT2D eigenvalue weighted by atomic mass is 32.1. The average molecular weight is 303 g/mol. The number of carboxylic acids is 1. The molecule has 1 aromatic carbocycles. The Balaban J connectivity index is 1.89. The van der Waals surface area contributed by atoms with Gasteiger partial charge in [0.15, 0.2) is 0 Å². The summed E-state index contributed by atoms with van der Waals surface area (Å²) in [6, 6.07) is 10.1. The van der Waals surface area contributed by atoms with Crippen molar-refractivity contribution in [1.82, 2.24) is 0 Å². The van der Waals surface area contributed by atoms with E-state index in [2.05, 4.69) is 5.32 Å². The zero-order valence-electron chi connectivity index (χ0n) is 10.1. The lowest BCUT2D eigenvalue weighted by atomic mass is 10.2. The molecule has 0 aliphatic heterocycles. The lowest BCUT2D eigenvalue weighted by Gasteiger charge is -2.06. The molecule has 0 unspecified atom stereocenters. The molecular formula is C14H9NO3S2. The van der Waals surface area contributed by atoms with Crippen LogP contribution in [-0.2, 0) is 0 Å². The van der Waals surface area contributed by atoms with E-state index in [0.29, 0.717) is 10.6 Å². The highest BCUT2D eigenvalue weighted by molar-refractivity contribution is 7.27. The van der Waals surface area contributed by atoms with Gasteiger partial charge in [0.05, 0.1) is 16.1 Å². The average Bonchev–Trinajstić information content (AvgIpc) is 2.99. The number of hydrogen-bond acceptors (Lipinski definition) is 4. The number of aromatic carboxylic acids is 1. The Kier molecular flexibility index (Phi) is 3.25. The van der Waals surface area contributed by atoms with Crippen molar-refractivity contribution in [2.75, 3.05) is 5.32 Å². The quantitative estimate of drug-likeness (QED) is 0.771. The third-order valence-corrected chi connectivity index (χ3v) is 4.86. The van der Waals surface area contributed by atoms with Gasteiger partial charge in [0.1, 0.15) is 0 Å². The summed E-state index contributed by atoms with van der Waals surface area (Å²) in [7, 11) is 0. The van der Waals surface area contributed by atoms with Crippen LogP contribution in [0.2, 0.25) is 0 Å². The first kappa shape index (κ1) is 12.8. The molecule has 2 aromatic heterocycles. The molecule has 0 saturated heterocycles. The Labute approximate surface area is 122 Å². The fourth-order valence-corrected chi connectivity index (χ4v) is 3.84. The van der Waals surface area contributed by atoms with E-state index in [9.17, 15) is 9.59 Å². The molecular weight excluding hydrogens is 294 g/mol. The van der Waals surface area contributed by atoms with Gasteiger partial charge in [0.2, 0.25) is 0 Å². The standard InChI is InChI=1S/C14H9NO3S2/c16-13(12-7-11-10(20-12)5-6-19-11)15-9-4-2-1-3-8(9)14(17)18/h1-7H,(H,15,16)(H,17,18). The minimum absolute atomic E-state index is 0.0826. The van der Waals surface area contributed by atoms with Gasteiger partial charge in [-0.15, -0.1) is 22.7 Å². The topological polar surface area (TPSA) is 66.4 Å². The van der Waals surface area contributed by atoms with Crippen LogP contribution in [-0.4, -0.2) is 17.0 Å².